The van der Waals surface area contributed by atoms with Gasteiger partial charge in [0.25, 0.3) is 0 Å². The summed E-state index contributed by atoms with van der Waals surface area (Å²) in [6.45, 7) is 15.9. The lowest BCUT2D eigenvalue weighted by atomic mass is 9.70. The number of hydrogen-bond donors (Lipinski definition) is 2. The molecule has 1 fully saturated rings. The number of alkyl carbamates (subject to hydrolysis) is 1. The minimum absolute atomic E-state index is 0.0283. The molecule has 2 aliphatic rings. The Hall–Kier alpha value is -2.83. The van der Waals surface area contributed by atoms with Gasteiger partial charge in [0.15, 0.2) is 5.58 Å². The number of ether oxygens (including phenoxy) is 1. The van der Waals surface area contributed by atoms with Crippen LogP contribution in [-0.4, -0.2) is 42.4 Å². The third-order valence-corrected chi connectivity index (χ3v) is 6.51. The van der Waals surface area contributed by atoms with Gasteiger partial charge >= 0.3 is 6.09 Å². The topological polar surface area (TPSA) is 92.0 Å². The SMILES string of the molecule is C=NC1=C(C(C)=NC)C(C)(C)Cc2c1ccc1o[nH]c21.CC(C)(C)OC(=O)NC1CCCCC1. The molecule has 7 nitrogen and oxygen atoms in total. The molecule has 0 spiro atoms. The van der Waals surface area contributed by atoms with Gasteiger partial charge in [0.05, 0.1) is 5.70 Å². The minimum atomic E-state index is -0.390. The third kappa shape index (κ3) is 5.80. The molecule has 1 amide bonds. The monoisotopic (exact) mass is 468 g/mol. The molecule has 0 unspecified atom stereocenters. The normalized spacial score (nSPS) is 18.7. The summed E-state index contributed by atoms with van der Waals surface area (Å²) in [5, 5.41) is 5.86. The van der Waals surface area contributed by atoms with E-state index in [0.29, 0.717) is 6.04 Å². The van der Waals surface area contributed by atoms with Gasteiger partial charge in [-0.25, -0.2) is 9.95 Å². The number of hydrogen-bond acceptors (Lipinski definition) is 5. The second-order valence-corrected chi connectivity index (χ2v) is 10.9. The molecule has 1 aromatic heterocycles. The number of allylic oxidation sites excluding steroid dienone is 1. The minimum Gasteiger partial charge on any atom is -0.444 e. The zero-order valence-corrected chi connectivity index (χ0v) is 21.8. The molecule has 0 aliphatic heterocycles. The van der Waals surface area contributed by atoms with Crippen molar-refractivity contribution in [2.45, 2.75) is 91.7 Å². The van der Waals surface area contributed by atoms with E-state index in [4.69, 9.17) is 9.26 Å². The Balaban J connectivity index is 0.000000204. The summed E-state index contributed by atoms with van der Waals surface area (Å²) < 4.78 is 10.4. The van der Waals surface area contributed by atoms with Crippen molar-refractivity contribution in [3.8, 4) is 0 Å². The van der Waals surface area contributed by atoms with E-state index in [-0.39, 0.29) is 11.5 Å². The van der Waals surface area contributed by atoms with Gasteiger partial charge in [-0.05, 0) is 76.8 Å². The average molecular weight is 469 g/mol. The number of carbonyl (C=O) groups excluding carboxylic acids is 1. The summed E-state index contributed by atoms with van der Waals surface area (Å²) in [6.07, 6.45) is 6.60. The molecule has 0 atom stereocenters. The van der Waals surface area contributed by atoms with Crippen LogP contribution in [-0.2, 0) is 11.2 Å². The van der Waals surface area contributed by atoms with E-state index in [0.717, 1.165) is 47.3 Å². The van der Waals surface area contributed by atoms with Crippen LogP contribution in [0.25, 0.3) is 16.8 Å². The number of aliphatic imine (C=N–C) groups is 2. The molecule has 0 saturated heterocycles. The first-order valence-electron chi connectivity index (χ1n) is 12.2. The van der Waals surface area contributed by atoms with Gasteiger partial charge in [-0.2, -0.15) is 0 Å². The summed E-state index contributed by atoms with van der Waals surface area (Å²) in [4.78, 5) is 20.1. The zero-order chi connectivity index (χ0) is 25.1. The first-order chi connectivity index (χ1) is 16.0. The Bertz CT molecular complexity index is 1090. The third-order valence-electron chi connectivity index (χ3n) is 6.51. The smallest absolute Gasteiger partial charge is 0.407 e. The van der Waals surface area contributed by atoms with Crippen LogP contribution >= 0.6 is 0 Å². The Morgan fingerprint density at radius 3 is 2.44 bits per heavy atom. The number of carbonyl (C=O) groups is 1. The summed E-state index contributed by atoms with van der Waals surface area (Å²) in [6, 6.07) is 4.38. The van der Waals surface area contributed by atoms with E-state index in [1.165, 1.54) is 30.4 Å². The van der Waals surface area contributed by atoms with Crippen molar-refractivity contribution in [2.75, 3.05) is 7.05 Å². The molecule has 0 radical (unpaired) electrons. The molecule has 2 aromatic rings. The lowest BCUT2D eigenvalue weighted by Gasteiger charge is -2.35. The number of rotatable bonds is 3. The van der Waals surface area contributed by atoms with Gasteiger partial charge in [-0.15, -0.1) is 0 Å². The molecule has 1 aromatic carbocycles. The van der Waals surface area contributed by atoms with E-state index in [9.17, 15) is 4.79 Å². The Labute approximate surface area is 203 Å². The number of nitrogens with one attached hydrogen (secondary N) is 2. The van der Waals surface area contributed by atoms with Crippen molar-refractivity contribution in [1.29, 1.82) is 0 Å². The van der Waals surface area contributed by atoms with Crippen LogP contribution in [0.5, 0.6) is 0 Å². The molecule has 0 bridgehead atoms. The standard InChI is InChI=1S/C16H19N3O.C11H21NO2/c1-9(17-4)13-15(18-5)10-6-7-12-14(19-20-12)11(10)8-16(13,2)3;1-11(2,3)14-10(13)12-9-7-5-4-6-8-9/h6-7,19H,5,8H2,1-4H3;9H,4-8H2,1-3H3,(H,12,13). The summed E-state index contributed by atoms with van der Waals surface area (Å²) in [5.41, 5.74) is 7.11. The summed E-state index contributed by atoms with van der Waals surface area (Å²) in [7, 11) is 1.82. The number of benzene rings is 1. The maximum atomic E-state index is 11.4. The molecule has 1 saturated carbocycles. The maximum Gasteiger partial charge on any atom is 0.407 e. The predicted molar refractivity (Wildman–Crippen MR) is 140 cm³/mol. The Morgan fingerprint density at radius 2 is 1.91 bits per heavy atom. The molecular formula is C27H40N4O3. The van der Waals surface area contributed by atoms with Crippen LogP contribution in [0.2, 0.25) is 0 Å². The van der Waals surface area contributed by atoms with Gasteiger partial charge in [0.1, 0.15) is 11.1 Å². The van der Waals surface area contributed by atoms with E-state index < -0.39 is 5.60 Å². The van der Waals surface area contributed by atoms with Gasteiger partial charge in [-0.3, -0.25) is 9.98 Å². The second kappa shape index (κ2) is 10.2. The quantitative estimate of drug-likeness (QED) is 0.492. The van der Waals surface area contributed by atoms with Crippen LogP contribution in [0, 0.1) is 5.41 Å². The van der Waals surface area contributed by atoms with Crippen LogP contribution in [0.15, 0.2) is 32.2 Å². The largest absolute Gasteiger partial charge is 0.444 e. The molecule has 2 N–H and O–H groups in total. The van der Waals surface area contributed by atoms with Crippen LogP contribution in [0.1, 0.15) is 84.8 Å². The fraction of sp³-hybridized carbons (Fsp3) is 0.593. The highest BCUT2D eigenvalue weighted by atomic mass is 16.6. The van der Waals surface area contributed by atoms with Crippen molar-refractivity contribution < 1.29 is 14.1 Å². The molecule has 4 rings (SSSR count). The first kappa shape index (κ1) is 25.8. The number of aromatic nitrogens is 1. The summed E-state index contributed by atoms with van der Waals surface area (Å²) in [5.74, 6) is 0. The van der Waals surface area contributed by atoms with E-state index in [2.05, 4.69) is 47.1 Å². The molecule has 186 valence electrons. The highest BCUT2D eigenvalue weighted by Crippen LogP contribution is 2.45. The predicted octanol–water partition coefficient (Wildman–Crippen LogP) is 6.69. The van der Waals surface area contributed by atoms with E-state index >= 15 is 0 Å². The summed E-state index contributed by atoms with van der Waals surface area (Å²) >= 11 is 0. The number of amides is 1. The Morgan fingerprint density at radius 1 is 1.24 bits per heavy atom. The van der Waals surface area contributed by atoms with Gasteiger partial charge < -0.3 is 14.6 Å². The Kier molecular flexibility index (Phi) is 7.74. The van der Waals surface area contributed by atoms with Gasteiger partial charge in [-0.1, -0.05) is 33.1 Å². The van der Waals surface area contributed by atoms with Gasteiger partial charge in [0, 0.05) is 29.9 Å². The number of H-pyrrole nitrogens is 1. The van der Waals surface area contributed by atoms with Crippen molar-refractivity contribution in [1.82, 2.24) is 10.5 Å². The van der Waals surface area contributed by atoms with Gasteiger partial charge in [0.2, 0.25) is 0 Å². The lowest BCUT2D eigenvalue weighted by Crippen LogP contribution is -2.39. The van der Waals surface area contributed by atoms with Crippen molar-refractivity contribution in [3.05, 3.63) is 28.8 Å². The van der Waals surface area contributed by atoms with E-state index in [1.54, 1.807) is 0 Å². The number of fused-ring (bicyclic) bond motifs is 3. The fourth-order valence-electron chi connectivity index (χ4n) is 4.93. The van der Waals surface area contributed by atoms with Crippen molar-refractivity contribution in [2.24, 2.45) is 15.4 Å². The van der Waals surface area contributed by atoms with Crippen molar-refractivity contribution in [3.63, 3.8) is 0 Å². The molecule has 34 heavy (non-hydrogen) atoms. The first-order valence-corrected chi connectivity index (χ1v) is 12.2. The van der Waals surface area contributed by atoms with Crippen LogP contribution in [0.4, 0.5) is 4.79 Å². The van der Waals surface area contributed by atoms with Crippen molar-refractivity contribution >= 4 is 35.3 Å². The zero-order valence-electron chi connectivity index (χ0n) is 21.8. The maximum absolute atomic E-state index is 11.4. The van der Waals surface area contributed by atoms with Crippen LogP contribution in [0.3, 0.4) is 0 Å². The molecule has 2 aliphatic carbocycles. The number of aromatic amines is 1. The fourth-order valence-corrected chi connectivity index (χ4v) is 4.93. The van der Waals surface area contributed by atoms with Crippen LogP contribution < -0.4 is 5.32 Å². The average Bonchev–Trinajstić information content (AvgIpc) is 2.72. The highest BCUT2D eigenvalue weighted by Gasteiger charge is 2.36. The van der Waals surface area contributed by atoms with E-state index in [1.807, 2.05) is 40.8 Å². The second-order valence-electron chi connectivity index (χ2n) is 10.9. The molecule has 7 heteroatoms. The molecular weight excluding hydrogens is 428 g/mol. The highest BCUT2D eigenvalue weighted by molar-refractivity contribution is 6.08. The molecule has 1 heterocycles. The lowest BCUT2D eigenvalue weighted by molar-refractivity contribution is 0.0493. The number of nitrogens with zero attached hydrogens (tertiary/aromatic N) is 2.